The Labute approximate surface area is 288 Å². The number of unbranched alkanes of at least 4 members (excludes halogenated alkanes) is 29. The minimum atomic E-state index is -0.661. The topological polar surface area (TPSA) is 69.6 Å². The molecule has 2 unspecified atom stereocenters. The van der Waals surface area contributed by atoms with Crippen LogP contribution >= 0.6 is 0 Å². The second-order valence-electron chi connectivity index (χ2n) is 14.4. The number of allylic oxidation sites excluding steroid dienone is 2. The van der Waals surface area contributed by atoms with Crippen molar-refractivity contribution >= 4 is 5.91 Å². The van der Waals surface area contributed by atoms with E-state index in [1.807, 2.05) is 0 Å². The van der Waals surface area contributed by atoms with Crippen LogP contribution in [0.15, 0.2) is 12.2 Å². The van der Waals surface area contributed by atoms with Crippen LogP contribution in [0.3, 0.4) is 0 Å². The van der Waals surface area contributed by atoms with Crippen LogP contribution in [0.2, 0.25) is 0 Å². The van der Waals surface area contributed by atoms with Crippen molar-refractivity contribution in [3.05, 3.63) is 12.2 Å². The largest absolute Gasteiger partial charge is 0.394 e. The molecule has 2 atom stereocenters. The number of rotatable bonds is 38. The van der Waals surface area contributed by atoms with E-state index < -0.39 is 12.1 Å². The number of hydrogen-bond acceptors (Lipinski definition) is 3. The van der Waals surface area contributed by atoms with Crippen molar-refractivity contribution in [1.29, 1.82) is 0 Å². The van der Waals surface area contributed by atoms with E-state index in [4.69, 9.17) is 0 Å². The number of carbonyl (C=O) groups is 1. The Bertz CT molecular complexity index is 622. The van der Waals surface area contributed by atoms with Crippen LogP contribution in [0.1, 0.15) is 232 Å². The predicted octanol–water partition coefficient (Wildman–Crippen LogP) is 12.7. The molecule has 0 aliphatic carbocycles. The SMILES string of the molecule is CCCCCCCC/C=C\CCCCCC(=O)NC(CO)C(O)CCCCCCCCCCCCCCCCCCCCCCC. The average molecular weight is 650 g/mol. The molecule has 1 amide bonds. The minimum absolute atomic E-state index is 0.0458. The van der Waals surface area contributed by atoms with Crippen LogP contribution < -0.4 is 5.32 Å². The highest BCUT2D eigenvalue weighted by Gasteiger charge is 2.19. The molecule has 274 valence electrons. The summed E-state index contributed by atoms with van der Waals surface area (Å²) in [7, 11) is 0. The number of aliphatic hydroxyl groups is 2. The van der Waals surface area contributed by atoms with Gasteiger partial charge in [0.05, 0.1) is 18.8 Å². The van der Waals surface area contributed by atoms with Gasteiger partial charge in [-0.25, -0.2) is 0 Å². The lowest BCUT2D eigenvalue weighted by molar-refractivity contribution is -0.123. The molecule has 0 aliphatic rings. The molecule has 0 fully saturated rings. The zero-order valence-corrected chi connectivity index (χ0v) is 31.4. The van der Waals surface area contributed by atoms with E-state index in [1.54, 1.807) is 0 Å². The fourth-order valence-corrected chi connectivity index (χ4v) is 6.53. The van der Waals surface area contributed by atoms with Gasteiger partial charge in [-0.3, -0.25) is 4.79 Å². The van der Waals surface area contributed by atoms with E-state index in [9.17, 15) is 15.0 Å². The maximum absolute atomic E-state index is 12.3. The summed E-state index contributed by atoms with van der Waals surface area (Å²) in [6.45, 7) is 4.35. The second kappa shape index (κ2) is 38.6. The van der Waals surface area contributed by atoms with Crippen molar-refractivity contribution in [2.75, 3.05) is 6.61 Å². The Morgan fingerprint density at radius 1 is 0.500 bits per heavy atom. The number of nitrogens with one attached hydrogen (secondary N) is 1. The van der Waals surface area contributed by atoms with E-state index in [-0.39, 0.29) is 12.5 Å². The van der Waals surface area contributed by atoms with Crippen molar-refractivity contribution in [3.8, 4) is 0 Å². The van der Waals surface area contributed by atoms with Crippen molar-refractivity contribution in [2.24, 2.45) is 0 Å². The maximum atomic E-state index is 12.3. The smallest absolute Gasteiger partial charge is 0.220 e. The predicted molar refractivity (Wildman–Crippen MR) is 202 cm³/mol. The second-order valence-corrected chi connectivity index (χ2v) is 14.4. The fraction of sp³-hybridized carbons (Fsp3) is 0.929. The summed E-state index contributed by atoms with van der Waals surface area (Å²) in [5, 5.41) is 23.1. The third-order valence-electron chi connectivity index (χ3n) is 9.78. The first-order valence-corrected chi connectivity index (χ1v) is 20.9. The first-order chi connectivity index (χ1) is 22.7. The normalized spacial score (nSPS) is 13.0. The van der Waals surface area contributed by atoms with Crippen molar-refractivity contribution in [1.82, 2.24) is 5.32 Å². The summed E-state index contributed by atoms with van der Waals surface area (Å²) in [6, 6.07) is -0.539. The molecule has 0 rings (SSSR count). The highest BCUT2D eigenvalue weighted by Crippen LogP contribution is 2.16. The first kappa shape index (κ1) is 45.1. The molecule has 0 saturated heterocycles. The van der Waals surface area contributed by atoms with E-state index in [0.29, 0.717) is 12.8 Å². The standard InChI is InChI=1S/C42H83NO3/c1-3-5-7-9-11-13-15-17-18-19-20-21-22-23-24-26-27-29-31-33-35-37-41(45)40(39-44)43-42(46)38-36-34-32-30-28-25-16-14-12-10-8-6-4-2/h25,28,40-41,44-45H,3-24,26-27,29-39H2,1-2H3,(H,43,46)/b28-25-. The third kappa shape index (κ3) is 34.5. The number of carbonyl (C=O) groups excluding carboxylic acids is 1. The number of hydrogen-bond donors (Lipinski definition) is 3. The summed E-state index contributed by atoms with van der Waals surface area (Å²) < 4.78 is 0. The lowest BCUT2D eigenvalue weighted by atomic mass is 10.0. The van der Waals surface area contributed by atoms with Crippen molar-refractivity contribution in [2.45, 2.75) is 244 Å². The van der Waals surface area contributed by atoms with Gasteiger partial charge < -0.3 is 15.5 Å². The van der Waals surface area contributed by atoms with Gasteiger partial charge in [-0.15, -0.1) is 0 Å². The van der Waals surface area contributed by atoms with E-state index in [0.717, 1.165) is 38.5 Å². The van der Waals surface area contributed by atoms with Crippen LogP contribution in [0.5, 0.6) is 0 Å². The van der Waals surface area contributed by atoms with Gasteiger partial charge in [0.15, 0.2) is 0 Å². The van der Waals surface area contributed by atoms with Crippen molar-refractivity contribution < 1.29 is 15.0 Å². The summed E-state index contributed by atoms with van der Waals surface area (Å²) in [5.74, 6) is -0.0458. The van der Waals surface area contributed by atoms with Gasteiger partial charge in [0.1, 0.15) is 0 Å². The van der Waals surface area contributed by atoms with Gasteiger partial charge in [-0.05, 0) is 38.5 Å². The molecule has 4 heteroatoms. The quantitative estimate of drug-likeness (QED) is 0.0460. The minimum Gasteiger partial charge on any atom is -0.394 e. The number of amides is 1. The molecule has 0 radical (unpaired) electrons. The fourth-order valence-electron chi connectivity index (χ4n) is 6.53. The molecular weight excluding hydrogens is 566 g/mol. The van der Waals surface area contributed by atoms with Crippen LogP contribution in [0.4, 0.5) is 0 Å². The van der Waals surface area contributed by atoms with Crippen LogP contribution in [0.25, 0.3) is 0 Å². The number of aliphatic hydroxyl groups excluding tert-OH is 2. The molecule has 0 bridgehead atoms. The van der Waals surface area contributed by atoms with Crippen LogP contribution in [-0.2, 0) is 4.79 Å². The monoisotopic (exact) mass is 650 g/mol. The van der Waals surface area contributed by atoms with E-state index in [1.165, 1.54) is 167 Å². The molecular formula is C42H83NO3. The molecule has 0 aliphatic heterocycles. The highest BCUT2D eigenvalue weighted by atomic mass is 16.3. The van der Waals surface area contributed by atoms with Crippen molar-refractivity contribution in [3.63, 3.8) is 0 Å². The van der Waals surface area contributed by atoms with Gasteiger partial charge in [0.25, 0.3) is 0 Å². The summed E-state index contributed by atoms with van der Waals surface area (Å²) in [4.78, 5) is 12.3. The van der Waals surface area contributed by atoms with E-state index in [2.05, 4.69) is 31.3 Å². The van der Waals surface area contributed by atoms with Gasteiger partial charge in [-0.1, -0.05) is 199 Å². The Hall–Kier alpha value is -0.870. The summed E-state index contributed by atoms with van der Waals surface area (Å²) >= 11 is 0. The molecule has 3 N–H and O–H groups in total. The van der Waals surface area contributed by atoms with Gasteiger partial charge in [-0.2, -0.15) is 0 Å². The molecule has 4 nitrogen and oxygen atoms in total. The van der Waals surface area contributed by atoms with Gasteiger partial charge in [0.2, 0.25) is 5.91 Å². The molecule has 0 saturated carbocycles. The third-order valence-corrected chi connectivity index (χ3v) is 9.78. The molecule has 46 heavy (non-hydrogen) atoms. The highest BCUT2D eigenvalue weighted by molar-refractivity contribution is 5.76. The first-order valence-electron chi connectivity index (χ1n) is 20.9. The van der Waals surface area contributed by atoms with Gasteiger partial charge >= 0.3 is 0 Å². The molecule has 0 aromatic heterocycles. The molecule has 0 heterocycles. The Balaban J connectivity index is 3.50. The van der Waals surface area contributed by atoms with Crippen LogP contribution in [-0.4, -0.2) is 34.9 Å². The lowest BCUT2D eigenvalue weighted by Crippen LogP contribution is -2.45. The zero-order valence-electron chi connectivity index (χ0n) is 31.4. The Kier molecular flexibility index (Phi) is 37.8. The van der Waals surface area contributed by atoms with Gasteiger partial charge in [0, 0.05) is 6.42 Å². The Morgan fingerprint density at radius 2 is 0.826 bits per heavy atom. The zero-order chi connectivity index (χ0) is 33.6. The molecule has 0 aromatic rings. The Morgan fingerprint density at radius 3 is 1.20 bits per heavy atom. The molecule has 0 spiro atoms. The maximum Gasteiger partial charge on any atom is 0.220 e. The lowest BCUT2D eigenvalue weighted by Gasteiger charge is -2.22. The molecule has 0 aromatic carbocycles. The van der Waals surface area contributed by atoms with Crippen LogP contribution in [0, 0.1) is 0 Å². The summed E-state index contributed by atoms with van der Waals surface area (Å²) in [5.41, 5.74) is 0. The summed E-state index contributed by atoms with van der Waals surface area (Å²) in [6.07, 6.45) is 47.1. The average Bonchev–Trinajstić information content (AvgIpc) is 3.06. The van der Waals surface area contributed by atoms with E-state index >= 15 is 0 Å².